The van der Waals surface area contributed by atoms with Gasteiger partial charge in [0.1, 0.15) is 23.3 Å². The second-order valence-corrected chi connectivity index (χ2v) is 5.20. The lowest BCUT2D eigenvalue weighted by molar-refractivity contribution is 0.142. The average molecular weight is 270 g/mol. The molecular weight excluding hydrogens is 252 g/mol. The number of furan rings is 1. The molecule has 20 heavy (non-hydrogen) atoms. The van der Waals surface area contributed by atoms with E-state index in [9.17, 15) is 5.11 Å². The van der Waals surface area contributed by atoms with Gasteiger partial charge in [0, 0.05) is 31.2 Å². The Morgan fingerprint density at radius 3 is 2.95 bits per heavy atom. The van der Waals surface area contributed by atoms with Crippen LogP contribution < -0.4 is 0 Å². The number of nitrogens with zero attached hydrogens (tertiary/aromatic N) is 2. The van der Waals surface area contributed by atoms with E-state index in [-0.39, 0.29) is 0 Å². The molecule has 0 radical (unpaired) electrons. The molecule has 0 aliphatic rings. The third-order valence-corrected chi connectivity index (χ3v) is 3.58. The average Bonchev–Trinajstić information content (AvgIpc) is 3.01. The predicted molar refractivity (Wildman–Crippen MR) is 77.4 cm³/mol. The molecule has 1 atom stereocenters. The van der Waals surface area contributed by atoms with E-state index in [0.29, 0.717) is 12.2 Å². The van der Waals surface area contributed by atoms with Gasteiger partial charge in [0.2, 0.25) is 0 Å². The molecule has 0 amide bonds. The van der Waals surface area contributed by atoms with Gasteiger partial charge in [-0.1, -0.05) is 11.6 Å². The summed E-state index contributed by atoms with van der Waals surface area (Å²) in [5, 5.41) is 11.3. The predicted octanol–water partition coefficient (Wildman–Crippen LogP) is 3.14. The number of imidazole rings is 1. The Kier molecular flexibility index (Phi) is 3.32. The summed E-state index contributed by atoms with van der Waals surface area (Å²) in [6, 6.07) is 7.94. The Bertz CT molecular complexity index is 727. The first-order valence-corrected chi connectivity index (χ1v) is 6.78. The molecule has 3 aromatic rings. The number of hydrogen-bond donors (Lipinski definition) is 1. The van der Waals surface area contributed by atoms with Crippen molar-refractivity contribution in [1.29, 1.82) is 0 Å². The van der Waals surface area contributed by atoms with E-state index in [1.807, 2.05) is 42.9 Å². The summed E-state index contributed by atoms with van der Waals surface area (Å²) in [5.41, 5.74) is 2.01. The van der Waals surface area contributed by atoms with Crippen LogP contribution in [0, 0.1) is 6.92 Å². The molecule has 0 aliphatic heterocycles. The van der Waals surface area contributed by atoms with Crippen LogP contribution in [-0.4, -0.2) is 14.7 Å². The van der Waals surface area contributed by atoms with Crippen molar-refractivity contribution in [3.8, 4) is 0 Å². The topological polar surface area (TPSA) is 51.2 Å². The molecule has 2 aromatic heterocycles. The number of aryl methyl sites for hydroxylation is 3. The molecule has 2 heterocycles. The normalized spacial score (nSPS) is 12.9. The van der Waals surface area contributed by atoms with Gasteiger partial charge in [-0.2, -0.15) is 0 Å². The fraction of sp³-hybridized carbons (Fsp3) is 0.312. The van der Waals surface area contributed by atoms with E-state index >= 15 is 0 Å². The Morgan fingerprint density at radius 1 is 1.35 bits per heavy atom. The lowest BCUT2D eigenvalue weighted by atomic mass is 10.1. The van der Waals surface area contributed by atoms with Gasteiger partial charge in [-0.15, -0.1) is 0 Å². The van der Waals surface area contributed by atoms with Crippen LogP contribution >= 0.6 is 0 Å². The zero-order valence-electron chi connectivity index (χ0n) is 11.7. The van der Waals surface area contributed by atoms with Gasteiger partial charge < -0.3 is 14.1 Å². The van der Waals surface area contributed by atoms with Gasteiger partial charge in [-0.3, -0.25) is 0 Å². The molecule has 0 saturated carbocycles. The van der Waals surface area contributed by atoms with Crippen molar-refractivity contribution in [2.75, 3.05) is 0 Å². The summed E-state index contributed by atoms with van der Waals surface area (Å²) in [4.78, 5) is 4.26. The molecule has 104 valence electrons. The quantitative estimate of drug-likeness (QED) is 0.792. The van der Waals surface area contributed by atoms with Gasteiger partial charge in [-0.25, -0.2) is 4.98 Å². The molecule has 0 bridgehead atoms. The minimum Gasteiger partial charge on any atom is -0.458 e. The highest BCUT2D eigenvalue weighted by Gasteiger charge is 2.14. The van der Waals surface area contributed by atoms with Crippen molar-refractivity contribution in [2.45, 2.75) is 25.9 Å². The largest absolute Gasteiger partial charge is 0.458 e. The molecule has 3 rings (SSSR count). The second kappa shape index (κ2) is 5.13. The van der Waals surface area contributed by atoms with Gasteiger partial charge in [0.25, 0.3) is 0 Å². The number of aliphatic hydroxyl groups excluding tert-OH is 1. The van der Waals surface area contributed by atoms with Crippen LogP contribution in [0.4, 0.5) is 0 Å². The first-order valence-electron chi connectivity index (χ1n) is 6.78. The standard InChI is InChI=1S/C16H18N2O2/c1-11-3-5-14-12(9-11)10-15(20-14)13(19)4-6-16-17-7-8-18(16)2/h3,5,7-10,13,19H,4,6H2,1-2H3. The summed E-state index contributed by atoms with van der Waals surface area (Å²) >= 11 is 0. The lowest BCUT2D eigenvalue weighted by Gasteiger charge is -2.07. The van der Waals surface area contributed by atoms with Crippen LogP contribution in [-0.2, 0) is 13.5 Å². The molecule has 0 fully saturated rings. The number of aromatic nitrogens is 2. The Morgan fingerprint density at radius 2 is 2.20 bits per heavy atom. The molecular formula is C16H18N2O2. The van der Waals surface area contributed by atoms with Crippen LogP contribution in [0.5, 0.6) is 0 Å². The Balaban J connectivity index is 1.75. The molecule has 0 aliphatic carbocycles. The van der Waals surface area contributed by atoms with Crippen molar-refractivity contribution in [1.82, 2.24) is 9.55 Å². The Hall–Kier alpha value is -2.07. The monoisotopic (exact) mass is 270 g/mol. The minimum absolute atomic E-state index is 0.598. The maximum atomic E-state index is 10.2. The van der Waals surface area contributed by atoms with Crippen LogP contribution in [0.3, 0.4) is 0 Å². The fourth-order valence-corrected chi connectivity index (χ4v) is 2.39. The van der Waals surface area contributed by atoms with Crippen molar-refractivity contribution < 1.29 is 9.52 Å². The van der Waals surface area contributed by atoms with Gasteiger partial charge in [0.05, 0.1) is 0 Å². The highest BCUT2D eigenvalue weighted by atomic mass is 16.4. The molecule has 4 nitrogen and oxygen atoms in total. The molecule has 4 heteroatoms. The van der Waals surface area contributed by atoms with Crippen LogP contribution in [0.25, 0.3) is 11.0 Å². The van der Waals surface area contributed by atoms with Crippen molar-refractivity contribution in [2.24, 2.45) is 7.05 Å². The van der Waals surface area contributed by atoms with Crippen molar-refractivity contribution >= 4 is 11.0 Å². The zero-order valence-corrected chi connectivity index (χ0v) is 11.7. The number of hydrogen-bond acceptors (Lipinski definition) is 3. The van der Waals surface area contributed by atoms with E-state index < -0.39 is 6.10 Å². The van der Waals surface area contributed by atoms with Gasteiger partial charge in [0.15, 0.2) is 0 Å². The number of aliphatic hydroxyl groups is 1. The second-order valence-electron chi connectivity index (χ2n) is 5.20. The third kappa shape index (κ3) is 2.47. The van der Waals surface area contributed by atoms with Crippen molar-refractivity contribution in [3.63, 3.8) is 0 Å². The number of benzene rings is 1. The van der Waals surface area contributed by atoms with Gasteiger partial charge >= 0.3 is 0 Å². The maximum absolute atomic E-state index is 10.2. The molecule has 1 aromatic carbocycles. The molecule has 1 N–H and O–H groups in total. The van der Waals surface area contributed by atoms with E-state index in [1.165, 1.54) is 5.56 Å². The molecule has 0 spiro atoms. The summed E-state index contributed by atoms with van der Waals surface area (Å²) in [5.74, 6) is 1.59. The van der Waals surface area contributed by atoms with E-state index in [1.54, 1.807) is 6.20 Å². The maximum Gasteiger partial charge on any atom is 0.134 e. The first kappa shape index (κ1) is 12.9. The van der Waals surface area contributed by atoms with E-state index in [4.69, 9.17) is 4.42 Å². The van der Waals surface area contributed by atoms with E-state index in [0.717, 1.165) is 23.2 Å². The van der Waals surface area contributed by atoms with E-state index in [2.05, 4.69) is 11.1 Å². The van der Waals surface area contributed by atoms with Crippen LogP contribution in [0.15, 0.2) is 41.1 Å². The molecule has 0 saturated heterocycles. The molecule has 1 unspecified atom stereocenters. The summed E-state index contributed by atoms with van der Waals surface area (Å²) in [7, 11) is 1.96. The zero-order chi connectivity index (χ0) is 14.1. The smallest absolute Gasteiger partial charge is 0.134 e. The van der Waals surface area contributed by atoms with Crippen LogP contribution in [0.2, 0.25) is 0 Å². The Labute approximate surface area is 117 Å². The van der Waals surface area contributed by atoms with Crippen LogP contribution in [0.1, 0.15) is 29.7 Å². The summed E-state index contributed by atoms with van der Waals surface area (Å²) < 4.78 is 7.67. The highest BCUT2D eigenvalue weighted by Crippen LogP contribution is 2.27. The summed E-state index contributed by atoms with van der Waals surface area (Å²) in [6.07, 6.45) is 4.40. The SMILES string of the molecule is Cc1ccc2oc(C(O)CCc3nccn3C)cc2c1. The lowest BCUT2D eigenvalue weighted by Crippen LogP contribution is -2.02. The van der Waals surface area contributed by atoms with Crippen molar-refractivity contribution in [3.05, 3.63) is 53.8 Å². The third-order valence-electron chi connectivity index (χ3n) is 3.58. The minimum atomic E-state index is -0.598. The number of rotatable bonds is 4. The first-order chi connectivity index (χ1) is 9.63. The highest BCUT2D eigenvalue weighted by molar-refractivity contribution is 5.78. The summed E-state index contributed by atoms with van der Waals surface area (Å²) in [6.45, 7) is 2.05. The van der Waals surface area contributed by atoms with Gasteiger partial charge in [-0.05, 0) is 31.5 Å². The number of fused-ring (bicyclic) bond motifs is 1. The fourth-order valence-electron chi connectivity index (χ4n) is 2.39.